The van der Waals surface area contributed by atoms with Crippen LogP contribution >= 0.6 is 0 Å². The van der Waals surface area contributed by atoms with Crippen LogP contribution in [0.4, 0.5) is 0 Å². The van der Waals surface area contributed by atoms with Gasteiger partial charge in [-0.1, -0.05) is 52.9 Å². The van der Waals surface area contributed by atoms with Gasteiger partial charge in [-0.2, -0.15) is 0 Å². The molecule has 3 nitrogen and oxygen atoms in total. The van der Waals surface area contributed by atoms with Crippen LogP contribution in [-0.4, -0.2) is 30.5 Å². The molecule has 0 aliphatic heterocycles. The van der Waals surface area contributed by atoms with E-state index in [2.05, 4.69) is 20.8 Å². The summed E-state index contributed by atoms with van der Waals surface area (Å²) in [6.07, 6.45) is 7.32. The molecule has 0 aromatic rings. The number of hydrogen-bond donors (Lipinski definition) is 2. The van der Waals surface area contributed by atoms with Gasteiger partial charge in [0.05, 0.1) is 12.7 Å². The van der Waals surface area contributed by atoms with E-state index in [1.165, 1.54) is 32.1 Å². The molecule has 0 radical (unpaired) electrons. The van der Waals surface area contributed by atoms with Crippen LogP contribution in [0.1, 0.15) is 59.3 Å². The van der Waals surface area contributed by atoms with E-state index in [9.17, 15) is 5.11 Å². The summed E-state index contributed by atoms with van der Waals surface area (Å²) in [6.45, 7) is 7.08. The van der Waals surface area contributed by atoms with Gasteiger partial charge in [0.25, 0.3) is 0 Å². The Kier molecular flexibility index (Phi) is 10.9. The maximum Gasteiger partial charge on any atom is 0.0958 e. The molecule has 3 N–H and O–H groups in total. The maximum absolute atomic E-state index is 9.21. The average molecular weight is 245 g/mol. The van der Waals surface area contributed by atoms with Gasteiger partial charge in [0.1, 0.15) is 0 Å². The molecule has 0 aromatic carbocycles. The average Bonchev–Trinajstić information content (AvgIpc) is 2.32. The Morgan fingerprint density at radius 2 is 1.65 bits per heavy atom. The predicted molar refractivity (Wildman–Crippen MR) is 73.0 cm³/mol. The molecule has 0 bridgehead atoms. The topological polar surface area (TPSA) is 55.5 Å². The first-order chi connectivity index (χ1) is 8.13. The molecule has 3 heteroatoms. The van der Waals surface area contributed by atoms with Gasteiger partial charge < -0.3 is 15.6 Å². The Morgan fingerprint density at radius 3 is 2.18 bits per heavy atom. The van der Waals surface area contributed by atoms with Gasteiger partial charge in [-0.25, -0.2) is 0 Å². The molecule has 0 rings (SSSR count). The number of aliphatic hydroxyl groups is 1. The molecule has 0 fully saturated rings. The second kappa shape index (κ2) is 11.0. The molecule has 0 saturated heterocycles. The number of rotatable bonds is 11. The monoisotopic (exact) mass is 245 g/mol. The van der Waals surface area contributed by atoms with Crippen molar-refractivity contribution < 1.29 is 9.84 Å². The minimum absolute atomic E-state index is 0.0230. The first-order valence-electron chi connectivity index (χ1n) is 7.11. The quantitative estimate of drug-likeness (QED) is 0.550. The van der Waals surface area contributed by atoms with Gasteiger partial charge in [-0.3, -0.25) is 0 Å². The second-order valence-corrected chi connectivity index (χ2v) is 5.18. The molecule has 104 valence electrons. The third kappa shape index (κ3) is 8.58. The predicted octanol–water partition coefficient (Wildman–Crippen LogP) is 2.71. The molecule has 2 atom stereocenters. The Morgan fingerprint density at radius 1 is 1.06 bits per heavy atom. The van der Waals surface area contributed by atoms with E-state index in [4.69, 9.17) is 10.5 Å². The second-order valence-electron chi connectivity index (χ2n) is 5.18. The smallest absolute Gasteiger partial charge is 0.0958 e. The molecule has 0 aliphatic rings. The molecule has 0 heterocycles. The summed E-state index contributed by atoms with van der Waals surface area (Å²) in [5.74, 6) is 0.344. The highest BCUT2D eigenvalue weighted by atomic mass is 16.5. The highest BCUT2D eigenvalue weighted by Crippen LogP contribution is 2.09. The molecular weight excluding hydrogens is 214 g/mol. The zero-order chi connectivity index (χ0) is 13.1. The summed E-state index contributed by atoms with van der Waals surface area (Å²) in [6, 6.07) is -0.0694. The van der Waals surface area contributed by atoms with E-state index in [1.807, 2.05) is 0 Å². The zero-order valence-corrected chi connectivity index (χ0v) is 11.8. The van der Waals surface area contributed by atoms with Crippen LogP contribution in [0.5, 0.6) is 0 Å². The molecule has 0 amide bonds. The van der Waals surface area contributed by atoms with Crippen molar-refractivity contribution in [1.82, 2.24) is 0 Å². The minimum atomic E-state index is -0.203. The Labute approximate surface area is 107 Å². The summed E-state index contributed by atoms with van der Waals surface area (Å²) < 4.78 is 5.65. The van der Waals surface area contributed by atoms with E-state index in [0.717, 1.165) is 13.0 Å². The number of nitrogens with two attached hydrogens (primary N) is 1. The van der Waals surface area contributed by atoms with E-state index in [-0.39, 0.29) is 18.8 Å². The number of hydrogen-bond acceptors (Lipinski definition) is 3. The van der Waals surface area contributed by atoms with Crippen molar-refractivity contribution in [3.63, 3.8) is 0 Å². The molecule has 2 unspecified atom stereocenters. The Hall–Kier alpha value is -0.120. The minimum Gasteiger partial charge on any atom is -0.394 e. The lowest BCUT2D eigenvalue weighted by Gasteiger charge is -2.25. The first-order valence-corrected chi connectivity index (χ1v) is 7.11. The molecule has 0 saturated carbocycles. The van der Waals surface area contributed by atoms with Crippen LogP contribution in [0.15, 0.2) is 0 Å². The largest absolute Gasteiger partial charge is 0.394 e. The number of ether oxygens (including phenoxy) is 1. The molecular formula is C14H31NO2. The summed E-state index contributed by atoms with van der Waals surface area (Å²) in [5.41, 5.74) is 5.97. The van der Waals surface area contributed by atoms with Gasteiger partial charge in [0.2, 0.25) is 0 Å². The Bertz CT molecular complexity index is 162. The van der Waals surface area contributed by atoms with Gasteiger partial charge in [-0.15, -0.1) is 0 Å². The fraction of sp³-hybridized carbons (Fsp3) is 1.00. The van der Waals surface area contributed by atoms with E-state index in [1.54, 1.807) is 0 Å². The van der Waals surface area contributed by atoms with E-state index >= 15 is 0 Å². The summed E-state index contributed by atoms with van der Waals surface area (Å²) in [4.78, 5) is 0. The highest BCUT2D eigenvalue weighted by Gasteiger charge is 2.20. The van der Waals surface area contributed by atoms with Crippen LogP contribution in [0.2, 0.25) is 0 Å². The van der Waals surface area contributed by atoms with Crippen molar-refractivity contribution in [3.8, 4) is 0 Å². The normalized spacial score (nSPS) is 15.2. The summed E-state index contributed by atoms with van der Waals surface area (Å²) in [7, 11) is 0. The lowest BCUT2D eigenvalue weighted by Crippen LogP contribution is -2.43. The molecule has 0 spiro atoms. The standard InChI is InChI=1S/C14H31NO2/c1-4-5-6-7-8-9-10-17-13(11-16)14(15)12(2)3/h12-14,16H,4-11,15H2,1-3H3. The van der Waals surface area contributed by atoms with Crippen molar-refractivity contribution >= 4 is 0 Å². The van der Waals surface area contributed by atoms with Crippen molar-refractivity contribution in [3.05, 3.63) is 0 Å². The Balaban J connectivity index is 3.50. The van der Waals surface area contributed by atoms with Crippen molar-refractivity contribution in [1.29, 1.82) is 0 Å². The molecule has 0 aromatic heterocycles. The van der Waals surface area contributed by atoms with Crippen LogP contribution in [0.25, 0.3) is 0 Å². The molecule has 0 aliphatic carbocycles. The number of unbranched alkanes of at least 4 members (excludes halogenated alkanes) is 5. The van der Waals surface area contributed by atoms with Crippen molar-refractivity contribution in [2.24, 2.45) is 11.7 Å². The van der Waals surface area contributed by atoms with E-state index < -0.39 is 0 Å². The SMILES string of the molecule is CCCCCCCCOC(CO)C(N)C(C)C. The fourth-order valence-corrected chi connectivity index (χ4v) is 1.83. The number of aliphatic hydroxyl groups excluding tert-OH is 1. The zero-order valence-electron chi connectivity index (χ0n) is 11.8. The van der Waals surface area contributed by atoms with Gasteiger partial charge in [0, 0.05) is 12.6 Å². The van der Waals surface area contributed by atoms with Gasteiger partial charge >= 0.3 is 0 Å². The lowest BCUT2D eigenvalue weighted by molar-refractivity contribution is -0.0125. The maximum atomic E-state index is 9.21. The lowest BCUT2D eigenvalue weighted by atomic mass is 10.00. The van der Waals surface area contributed by atoms with Gasteiger partial charge in [-0.05, 0) is 12.3 Å². The third-order valence-corrected chi connectivity index (χ3v) is 3.21. The first kappa shape index (κ1) is 16.9. The van der Waals surface area contributed by atoms with Crippen molar-refractivity contribution in [2.45, 2.75) is 71.4 Å². The highest BCUT2D eigenvalue weighted by molar-refractivity contribution is 4.75. The summed E-state index contributed by atoms with van der Waals surface area (Å²) >= 11 is 0. The van der Waals surface area contributed by atoms with Crippen LogP contribution in [0.3, 0.4) is 0 Å². The van der Waals surface area contributed by atoms with Crippen LogP contribution in [-0.2, 0) is 4.74 Å². The van der Waals surface area contributed by atoms with E-state index in [0.29, 0.717) is 5.92 Å². The van der Waals surface area contributed by atoms with Crippen LogP contribution in [0, 0.1) is 5.92 Å². The summed E-state index contributed by atoms with van der Waals surface area (Å²) in [5, 5.41) is 9.21. The molecule has 17 heavy (non-hydrogen) atoms. The van der Waals surface area contributed by atoms with Crippen molar-refractivity contribution in [2.75, 3.05) is 13.2 Å². The van der Waals surface area contributed by atoms with Crippen LogP contribution < -0.4 is 5.73 Å². The fourth-order valence-electron chi connectivity index (χ4n) is 1.83. The third-order valence-electron chi connectivity index (χ3n) is 3.21. The van der Waals surface area contributed by atoms with Gasteiger partial charge in [0.15, 0.2) is 0 Å².